The molecule has 4 rings (SSSR count). The maximum atomic E-state index is 12.9. The summed E-state index contributed by atoms with van der Waals surface area (Å²) in [6, 6.07) is 21.1. The van der Waals surface area contributed by atoms with Gasteiger partial charge in [0.15, 0.2) is 0 Å². The average Bonchev–Trinajstić information content (AvgIpc) is 2.90. The molecule has 118 valence electrons. The Morgan fingerprint density at radius 1 is 0.958 bits per heavy atom. The summed E-state index contributed by atoms with van der Waals surface area (Å²) in [5.41, 5.74) is 2.57. The number of halogens is 1. The van der Waals surface area contributed by atoms with Crippen LogP contribution in [0.1, 0.15) is 22.1 Å². The molecular formula is C19H14BrN3O. The van der Waals surface area contributed by atoms with E-state index in [-0.39, 0.29) is 12.1 Å². The molecule has 2 heterocycles. The van der Waals surface area contributed by atoms with Gasteiger partial charge in [0.2, 0.25) is 0 Å². The Morgan fingerprint density at radius 3 is 2.50 bits per heavy atom. The highest BCUT2D eigenvalue weighted by Crippen LogP contribution is 2.38. The van der Waals surface area contributed by atoms with Crippen molar-refractivity contribution in [2.24, 2.45) is 0 Å². The van der Waals surface area contributed by atoms with Crippen molar-refractivity contribution < 1.29 is 4.79 Å². The molecule has 0 saturated heterocycles. The summed E-state index contributed by atoms with van der Waals surface area (Å²) >= 11 is 3.55. The van der Waals surface area contributed by atoms with Gasteiger partial charge in [-0.05, 0) is 46.3 Å². The molecule has 5 heteroatoms. The summed E-state index contributed by atoms with van der Waals surface area (Å²) in [7, 11) is 0. The quantitative estimate of drug-likeness (QED) is 0.722. The zero-order chi connectivity index (χ0) is 16.5. The SMILES string of the molecule is O=C1c2ccccc2[C@H](Nc2ccccc2Br)N1c1ccccn1. The van der Waals surface area contributed by atoms with Gasteiger partial charge in [-0.25, -0.2) is 4.98 Å². The molecule has 0 unspecified atom stereocenters. The van der Waals surface area contributed by atoms with E-state index in [9.17, 15) is 4.79 Å². The molecule has 1 atom stereocenters. The smallest absolute Gasteiger partial charge is 0.261 e. The van der Waals surface area contributed by atoms with E-state index in [4.69, 9.17) is 0 Å². The van der Waals surface area contributed by atoms with Crippen molar-refractivity contribution >= 4 is 33.3 Å². The molecule has 3 aromatic rings. The number of benzene rings is 2. The van der Waals surface area contributed by atoms with Gasteiger partial charge >= 0.3 is 0 Å². The Kier molecular flexibility index (Phi) is 3.78. The zero-order valence-electron chi connectivity index (χ0n) is 12.7. The lowest BCUT2D eigenvalue weighted by Crippen LogP contribution is -2.33. The van der Waals surface area contributed by atoms with Crippen molar-refractivity contribution in [2.75, 3.05) is 10.2 Å². The topological polar surface area (TPSA) is 45.2 Å². The van der Waals surface area contributed by atoms with Crippen LogP contribution >= 0.6 is 15.9 Å². The van der Waals surface area contributed by atoms with Gasteiger partial charge in [-0.15, -0.1) is 0 Å². The maximum Gasteiger partial charge on any atom is 0.261 e. The number of anilines is 2. The number of para-hydroxylation sites is 1. The lowest BCUT2D eigenvalue weighted by molar-refractivity contribution is 0.0992. The Labute approximate surface area is 148 Å². The largest absolute Gasteiger partial charge is 0.360 e. The van der Waals surface area contributed by atoms with Gasteiger partial charge in [-0.3, -0.25) is 9.69 Å². The van der Waals surface area contributed by atoms with Crippen molar-refractivity contribution in [1.29, 1.82) is 0 Å². The second-order valence-electron chi connectivity index (χ2n) is 5.48. The number of fused-ring (bicyclic) bond motifs is 1. The second kappa shape index (κ2) is 6.09. The van der Waals surface area contributed by atoms with Gasteiger partial charge < -0.3 is 5.32 Å². The first-order chi connectivity index (χ1) is 11.8. The predicted molar refractivity (Wildman–Crippen MR) is 98.0 cm³/mol. The molecule has 1 aliphatic rings. The van der Waals surface area contributed by atoms with Crippen LogP contribution in [0.4, 0.5) is 11.5 Å². The molecular weight excluding hydrogens is 366 g/mol. The zero-order valence-corrected chi connectivity index (χ0v) is 14.3. The van der Waals surface area contributed by atoms with Crippen molar-refractivity contribution in [3.8, 4) is 0 Å². The molecule has 0 radical (unpaired) electrons. The third-order valence-corrected chi connectivity index (χ3v) is 4.72. The molecule has 4 nitrogen and oxygen atoms in total. The molecule has 1 aromatic heterocycles. The predicted octanol–water partition coefficient (Wildman–Crippen LogP) is 4.62. The van der Waals surface area contributed by atoms with Gasteiger partial charge in [-0.2, -0.15) is 0 Å². The van der Waals surface area contributed by atoms with Crippen LogP contribution in [-0.2, 0) is 0 Å². The number of carbonyl (C=O) groups is 1. The lowest BCUT2D eigenvalue weighted by atomic mass is 10.1. The van der Waals surface area contributed by atoms with E-state index in [0.717, 1.165) is 15.7 Å². The molecule has 0 saturated carbocycles. The van der Waals surface area contributed by atoms with Gasteiger partial charge in [0.25, 0.3) is 5.91 Å². The van der Waals surface area contributed by atoms with Crippen LogP contribution in [0.25, 0.3) is 0 Å². The average molecular weight is 380 g/mol. The summed E-state index contributed by atoms with van der Waals surface area (Å²) in [5.74, 6) is 0.581. The van der Waals surface area contributed by atoms with E-state index in [2.05, 4.69) is 26.2 Å². The lowest BCUT2D eigenvalue weighted by Gasteiger charge is -2.26. The van der Waals surface area contributed by atoms with E-state index in [0.29, 0.717) is 11.4 Å². The Hall–Kier alpha value is -2.66. The van der Waals surface area contributed by atoms with Crippen molar-refractivity contribution in [2.45, 2.75) is 6.17 Å². The van der Waals surface area contributed by atoms with E-state index in [1.807, 2.05) is 66.7 Å². The summed E-state index contributed by atoms with van der Waals surface area (Å²) in [4.78, 5) is 19.0. The van der Waals surface area contributed by atoms with Crippen molar-refractivity contribution in [3.05, 3.63) is 88.5 Å². The van der Waals surface area contributed by atoms with Crippen LogP contribution in [0.15, 0.2) is 77.4 Å². The minimum absolute atomic E-state index is 0.0474. The highest BCUT2D eigenvalue weighted by atomic mass is 79.9. The third kappa shape index (κ3) is 2.47. The summed E-state index contributed by atoms with van der Waals surface area (Å²) in [6.45, 7) is 0. The molecule has 0 bridgehead atoms. The minimum Gasteiger partial charge on any atom is -0.360 e. The van der Waals surface area contributed by atoms with E-state index in [1.54, 1.807) is 11.1 Å². The van der Waals surface area contributed by atoms with Crippen molar-refractivity contribution in [3.63, 3.8) is 0 Å². The molecule has 2 aromatic carbocycles. The Morgan fingerprint density at radius 2 is 1.71 bits per heavy atom. The van der Waals surface area contributed by atoms with E-state index < -0.39 is 0 Å². The normalized spacial score (nSPS) is 16.1. The first-order valence-electron chi connectivity index (χ1n) is 7.60. The monoisotopic (exact) mass is 379 g/mol. The number of pyridine rings is 1. The Balaban J connectivity index is 1.81. The molecule has 1 aliphatic heterocycles. The number of hydrogen-bond donors (Lipinski definition) is 1. The van der Waals surface area contributed by atoms with Gasteiger partial charge in [0, 0.05) is 21.8 Å². The maximum absolute atomic E-state index is 12.9. The number of aromatic nitrogens is 1. The van der Waals surface area contributed by atoms with Gasteiger partial charge in [-0.1, -0.05) is 36.4 Å². The van der Waals surface area contributed by atoms with Crippen LogP contribution in [0.2, 0.25) is 0 Å². The van der Waals surface area contributed by atoms with Gasteiger partial charge in [0.05, 0.1) is 5.69 Å². The van der Waals surface area contributed by atoms with Crippen LogP contribution in [0, 0.1) is 0 Å². The van der Waals surface area contributed by atoms with E-state index >= 15 is 0 Å². The van der Waals surface area contributed by atoms with Crippen LogP contribution in [0.5, 0.6) is 0 Å². The Bertz CT molecular complexity index is 898. The number of rotatable bonds is 3. The summed E-state index contributed by atoms with van der Waals surface area (Å²) in [5, 5.41) is 3.46. The van der Waals surface area contributed by atoms with Crippen LogP contribution in [0.3, 0.4) is 0 Å². The molecule has 0 fully saturated rings. The van der Waals surface area contributed by atoms with Gasteiger partial charge in [0.1, 0.15) is 12.0 Å². The molecule has 0 spiro atoms. The van der Waals surface area contributed by atoms with Crippen LogP contribution < -0.4 is 10.2 Å². The fourth-order valence-corrected chi connectivity index (χ4v) is 3.32. The summed E-state index contributed by atoms with van der Waals surface area (Å²) in [6.07, 6.45) is 1.39. The highest BCUT2D eigenvalue weighted by molar-refractivity contribution is 9.10. The molecule has 1 N–H and O–H groups in total. The van der Waals surface area contributed by atoms with Crippen LogP contribution in [-0.4, -0.2) is 10.9 Å². The number of amides is 1. The number of carbonyl (C=O) groups excluding carboxylic acids is 1. The number of nitrogens with zero attached hydrogens (tertiary/aromatic N) is 2. The standard InChI is InChI=1S/C19H14BrN3O/c20-15-9-3-4-10-16(15)22-18-13-7-1-2-8-14(13)19(24)23(18)17-11-5-6-12-21-17/h1-12,18,22H/t18-/m1/s1. The molecule has 0 aliphatic carbocycles. The second-order valence-corrected chi connectivity index (χ2v) is 6.33. The number of nitrogens with one attached hydrogen (secondary N) is 1. The fourth-order valence-electron chi connectivity index (χ4n) is 2.92. The molecule has 24 heavy (non-hydrogen) atoms. The highest BCUT2D eigenvalue weighted by Gasteiger charge is 2.38. The first-order valence-corrected chi connectivity index (χ1v) is 8.39. The van der Waals surface area contributed by atoms with Crippen molar-refractivity contribution in [1.82, 2.24) is 4.98 Å². The fraction of sp³-hybridized carbons (Fsp3) is 0.0526. The van der Waals surface area contributed by atoms with E-state index in [1.165, 1.54) is 0 Å². The third-order valence-electron chi connectivity index (χ3n) is 4.02. The number of hydrogen-bond acceptors (Lipinski definition) is 3. The summed E-state index contributed by atoms with van der Waals surface area (Å²) < 4.78 is 0.947. The molecule has 1 amide bonds. The first kappa shape index (κ1) is 14.9. The minimum atomic E-state index is -0.303.